The van der Waals surface area contributed by atoms with Gasteiger partial charge < -0.3 is 20.1 Å². The number of carboxylic acid groups (broad SMARTS) is 1. The Morgan fingerprint density at radius 1 is 1.16 bits per heavy atom. The first-order chi connectivity index (χ1) is 21.4. The molecular formula is C29H34F5N7O3S. The van der Waals surface area contributed by atoms with Crippen LogP contribution < -0.4 is 10.2 Å². The summed E-state index contributed by atoms with van der Waals surface area (Å²) in [5.74, 6) is -2.83. The van der Waals surface area contributed by atoms with Crippen LogP contribution >= 0.6 is 11.3 Å². The number of nitrogens with zero attached hydrogens (tertiary/aromatic N) is 6. The zero-order valence-corrected chi connectivity index (χ0v) is 25.6. The van der Waals surface area contributed by atoms with Crippen LogP contribution in [0.2, 0.25) is 0 Å². The summed E-state index contributed by atoms with van der Waals surface area (Å²) in [7, 11) is 1.54. The lowest BCUT2D eigenvalue weighted by atomic mass is 10.1. The van der Waals surface area contributed by atoms with Crippen molar-refractivity contribution in [1.82, 2.24) is 24.8 Å². The number of carboxylic acids is 1. The quantitative estimate of drug-likeness (QED) is 0.267. The van der Waals surface area contributed by atoms with Gasteiger partial charge in [0.1, 0.15) is 12.1 Å². The second-order valence-corrected chi connectivity index (χ2v) is 12.3. The summed E-state index contributed by atoms with van der Waals surface area (Å²) in [6.45, 7) is 5.08. The Labute approximate surface area is 260 Å². The summed E-state index contributed by atoms with van der Waals surface area (Å²) in [6, 6.07) is 2.38. The fraction of sp³-hybridized carbons (Fsp3) is 0.517. The first-order valence-corrected chi connectivity index (χ1v) is 15.3. The van der Waals surface area contributed by atoms with E-state index in [2.05, 4.69) is 32.1 Å². The molecule has 0 unspecified atom stereocenters. The Balaban J connectivity index is 1.42. The van der Waals surface area contributed by atoms with Crippen LogP contribution in [0.5, 0.6) is 0 Å². The molecule has 1 aromatic carbocycles. The van der Waals surface area contributed by atoms with Crippen LogP contribution in [-0.2, 0) is 22.3 Å². The van der Waals surface area contributed by atoms with Gasteiger partial charge in [0.15, 0.2) is 16.8 Å². The molecule has 2 fully saturated rings. The number of piperazine rings is 1. The summed E-state index contributed by atoms with van der Waals surface area (Å²) >= 11 is 1.14. The Morgan fingerprint density at radius 3 is 2.64 bits per heavy atom. The van der Waals surface area contributed by atoms with Crippen molar-refractivity contribution in [2.24, 2.45) is 0 Å². The highest BCUT2D eigenvalue weighted by Gasteiger charge is 2.33. The number of anilines is 3. The summed E-state index contributed by atoms with van der Waals surface area (Å²) in [5, 5.41) is 12.2. The average molecular weight is 656 g/mol. The summed E-state index contributed by atoms with van der Waals surface area (Å²) < 4.78 is 76.2. The van der Waals surface area contributed by atoms with E-state index in [1.165, 1.54) is 13.4 Å². The van der Waals surface area contributed by atoms with Crippen molar-refractivity contribution in [2.75, 3.05) is 56.7 Å². The molecule has 0 saturated carbocycles. The maximum Gasteiger partial charge on any atom is 0.416 e. The van der Waals surface area contributed by atoms with Gasteiger partial charge in [-0.25, -0.2) is 19.3 Å². The summed E-state index contributed by atoms with van der Waals surface area (Å²) in [6.07, 6.45) is -1.62. The molecule has 0 spiro atoms. The fourth-order valence-electron chi connectivity index (χ4n) is 5.78. The molecule has 16 heteroatoms. The maximum atomic E-state index is 15.9. The molecule has 2 aliphatic heterocycles. The standard InChI is InChI=1S/C29H34F5N7O3S/c1-17-4-3-6-40(17)14-22-25(18-10-19(29(32,33)34)12-20(30)11-18)37-28(45-22)38-26-24(31)27(36-16-35-26)41-9-8-39(7-5-23(42)43)21(13-41)15-44-2/h10-12,16-17,21H,3-9,13-15H2,1-2H3,(H,42,43)(H,35,36,37,38)/t17-,21+/m1/s1. The van der Waals surface area contributed by atoms with E-state index in [0.29, 0.717) is 50.3 Å². The van der Waals surface area contributed by atoms with E-state index in [1.54, 1.807) is 4.90 Å². The summed E-state index contributed by atoms with van der Waals surface area (Å²) in [4.78, 5) is 30.3. The van der Waals surface area contributed by atoms with Crippen molar-refractivity contribution in [3.63, 3.8) is 0 Å². The predicted octanol–water partition coefficient (Wildman–Crippen LogP) is 5.24. The molecule has 2 N–H and O–H groups in total. The SMILES string of the molecule is COC[C@@H]1CN(c2ncnc(Nc3nc(-c4cc(F)cc(C(F)(F)F)c4)c(CN4CCC[C@H]4C)s3)c2F)CCN1CCC(=O)O. The second kappa shape index (κ2) is 13.9. The largest absolute Gasteiger partial charge is 0.481 e. The molecule has 10 nitrogen and oxygen atoms in total. The van der Waals surface area contributed by atoms with E-state index >= 15 is 4.39 Å². The Kier molecular flexibility index (Phi) is 10.2. The molecule has 5 rings (SSSR count). The number of hydrogen-bond acceptors (Lipinski definition) is 10. The highest BCUT2D eigenvalue weighted by atomic mass is 32.1. The topological polar surface area (TPSA) is 107 Å². The minimum absolute atomic E-state index is 0.0257. The number of ether oxygens (including phenoxy) is 1. The van der Waals surface area contributed by atoms with Crippen LogP contribution in [0.1, 0.15) is 36.6 Å². The molecule has 0 radical (unpaired) electrons. The van der Waals surface area contributed by atoms with E-state index in [-0.39, 0.29) is 46.5 Å². The number of aromatic nitrogens is 3. The fourth-order valence-corrected chi connectivity index (χ4v) is 6.79. The minimum atomic E-state index is -4.75. The van der Waals surface area contributed by atoms with Crippen LogP contribution in [0.25, 0.3) is 11.3 Å². The molecule has 4 heterocycles. The number of methoxy groups -OCH3 is 1. The van der Waals surface area contributed by atoms with E-state index in [1.807, 2.05) is 4.90 Å². The van der Waals surface area contributed by atoms with Gasteiger partial charge in [0.05, 0.1) is 30.3 Å². The average Bonchev–Trinajstić information content (AvgIpc) is 3.58. The number of thiazole rings is 1. The van der Waals surface area contributed by atoms with Gasteiger partial charge in [0, 0.05) is 56.3 Å². The number of nitrogens with one attached hydrogen (secondary N) is 1. The number of likely N-dealkylation sites (tertiary alicyclic amines) is 1. The Morgan fingerprint density at radius 2 is 1.96 bits per heavy atom. The molecule has 2 aliphatic rings. The number of halogens is 5. The van der Waals surface area contributed by atoms with Crippen molar-refractivity contribution >= 4 is 34.1 Å². The number of carbonyl (C=O) groups is 1. The number of hydrogen-bond donors (Lipinski definition) is 2. The third-order valence-electron chi connectivity index (χ3n) is 8.11. The number of benzene rings is 1. The lowest BCUT2D eigenvalue weighted by molar-refractivity contribution is -0.138. The second-order valence-electron chi connectivity index (χ2n) is 11.2. The molecule has 0 amide bonds. The molecule has 3 aromatic rings. The molecule has 0 bridgehead atoms. The van der Waals surface area contributed by atoms with Crippen LogP contribution in [0.4, 0.5) is 38.7 Å². The van der Waals surface area contributed by atoms with Crippen molar-refractivity contribution in [2.45, 2.75) is 51.0 Å². The van der Waals surface area contributed by atoms with Gasteiger partial charge in [-0.3, -0.25) is 14.6 Å². The van der Waals surface area contributed by atoms with Gasteiger partial charge in [-0.05, 0) is 44.5 Å². The smallest absolute Gasteiger partial charge is 0.416 e. The van der Waals surface area contributed by atoms with Gasteiger partial charge in [-0.1, -0.05) is 11.3 Å². The van der Waals surface area contributed by atoms with Crippen LogP contribution in [0, 0.1) is 11.6 Å². The lowest BCUT2D eigenvalue weighted by Crippen LogP contribution is -2.55. The molecule has 2 atom stereocenters. The van der Waals surface area contributed by atoms with Crippen molar-refractivity contribution < 1.29 is 36.6 Å². The normalized spacial score (nSPS) is 19.8. The zero-order chi connectivity index (χ0) is 32.3. The molecule has 244 valence electrons. The Bertz CT molecular complexity index is 1510. The minimum Gasteiger partial charge on any atom is -0.481 e. The lowest BCUT2D eigenvalue weighted by Gasteiger charge is -2.41. The van der Waals surface area contributed by atoms with Crippen molar-refractivity contribution in [3.05, 3.63) is 46.6 Å². The monoisotopic (exact) mass is 655 g/mol. The van der Waals surface area contributed by atoms with Gasteiger partial charge in [0.2, 0.25) is 5.82 Å². The highest BCUT2D eigenvalue weighted by molar-refractivity contribution is 7.16. The maximum absolute atomic E-state index is 15.9. The van der Waals surface area contributed by atoms with Gasteiger partial charge in [-0.15, -0.1) is 0 Å². The van der Waals surface area contributed by atoms with Crippen LogP contribution in [-0.4, -0.2) is 94.4 Å². The van der Waals surface area contributed by atoms with E-state index in [4.69, 9.17) is 9.84 Å². The third-order valence-corrected chi connectivity index (χ3v) is 9.06. The third kappa shape index (κ3) is 7.85. The van der Waals surface area contributed by atoms with Gasteiger partial charge in [-0.2, -0.15) is 17.6 Å². The molecular weight excluding hydrogens is 621 g/mol. The molecule has 2 aromatic heterocycles. The van der Waals surface area contributed by atoms with Crippen LogP contribution in [0.15, 0.2) is 24.5 Å². The number of aliphatic carboxylic acids is 1. The van der Waals surface area contributed by atoms with E-state index in [9.17, 15) is 22.4 Å². The Hall–Kier alpha value is -3.47. The number of rotatable bonds is 11. The summed E-state index contributed by atoms with van der Waals surface area (Å²) in [5.41, 5.74) is -0.967. The first-order valence-electron chi connectivity index (χ1n) is 14.5. The van der Waals surface area contributed by atoms with Crippen LogP contribution in [0.3, 0.4) is 0 Å². The molecule has 0 aliphatic carbocycles. The van der Waals surface area contributed by atoms with E-state index in [0.717, 1.165) is 42.9 Å². The van der Waals surface area contributed by atoms with Crippen molar-refractivity contribution in [1.29, 1.82) is 0 Å². The first kappa shape index (κ1) is 32.9. The highest BCUT2D eigenvalue weighted by Crippen LogP contribution is 2.39. The van der Waals surface area contributed by atoms with Crippen molar-refractivity contribution in [3.8, 4) is 11.3 Å². The molecule has 45 heavy (non-hydrogen) atoms. The zero-order valence-electron chi connectivity index (χ0n) is 24.8. The van der Waals surface area contributed by atoms with Gasteiger partial charge >= 0.3 is 12.1 Å². The van der Waals surface area contributed by atoms with E-state index < -0.39 is 29.3 Å². The molecule has 2 saturated heterocycles. The predicted molar refractivity (Wildman–Crippen MR) is 159 cm³/mol. The van der Waals surface area contributed by atoms with Gasteiger partial charge in [0.25, 0.3) is 0 Å². The number of alkyl halides is 3.